The predicted molar refractivity (Wildman–Crippen MR) is 151 cm³/mol. The van der Waals surface area contributed by atoms with E-state index >= 15 is 0 Å². The van der Waals surface area contributed by atoms with Crippen molar-refractivity contribution in [2.45, 2.75) is 70.0 Å². The van der Waals surface area contributed by atoms with E-state index in [-0.39, 0.29) is 23.5 Å². The fourth-order valence-corrected chi connectivity index (χ4v) is 5.42. The Balaban J connectivity index is 1.08. The zero-order chi connectivity index (χ0) is 29.4. The molecule has 2 saturated heterocycles. The van der Waals surface area contributed by atoms with Gasteiger partial charge in [0.05, 0.1) is 6.33 Å². The average Bonchev–Trinajstić information content (AvgIpc) is 3.61. The van der Waals surface area contributed by atoms with Gasteiger partial charge in [0, 0.05) is 25.9 Å². The van der Waals surface area contributed by atoms with Crippen LogP contribution in [0, 0.1) is 30.6 Å². The van der Waals surface area contributed by atoms with Crippen LogP contribution in [0.25, 0.3) is 11.2 Å². The number of carbonyl (C=O) groups excluding carboxylic acids is 2. The van der Waals surface area contributed by atoms with E-state index in [1.54, 1.807) is 17.0 Å². The van der Waals surface area contributed by atoms with Gasteiger partial charge in [0.15, 0.2) is 23.5 Å². The number of aromatic nitrogens is 4. The summed E-state index contributed by atoms with van der Waals surface area (Å²) in [7, 11) is 0. The Hall–Kier alpha value is -4.05. The first kappa shape index (κ1) is 28.1. The van der Waals surface area contributed by atoms with Crippen LogP contribution in [-0.2, 0) is 9.53 Å². The molecule has 4 N–H and O–H groups in total. The molecule has 2 aromatic heterocycles. The van der Waals surface area contributed by atoms with E-state index in [2.05, 4.69) is 26.8 Å². The van der Waals surface area contributed by atoms with Gasteiger partial charge in [-0.2, -0.15) is 0 Å². The molecule has 4 heterocycles. The van der Waals surface area contributed by atoms with Crippen molar-refractivity contribution >= 4 is 28.9 Å². The van der Waals surface area contributed by atoms with Crippen LogP contribution in [0.2, 0.25) is 0 Å². The summed E-state index contributed by atoms with van der Waals surface area (Å²) in [5, 5.41) is 21.2. The third-order valence-electron chi connectivity index (χ3n) is 8.15. The second-order valence-corrected chi connectivity index (χ2v) is 11.4. The number of imidazole rings is 1. The molecule has 0 radical (unpaired) electrons. The largest absolute Gasteiger partial charge is 0.415 e. The topological polar surface area (TPSA) is 166 Å². The van der Waals surface area contributed by atoms with Crippen molar-refractivity contribution in [2.24, 2.45) is 11.8 Å². The molecule has 0 spiro atoms. The number of fused-ring (bicyclic) bond motifs is 1. The minimum atomic E-state index is -1.35. The summed E-state index contributed by atoms with van der Waals surface area (Å²) in [6.07, 6.45) is 0.699. The van der Waals surface area contributed by atoms with Crippen molar-refractivity contribution in [3.8, 4) is 17.6 Å². The second-order valence-electron chi connectivity index (χ2n) is 11.4. The number of aliphatic hydroxyl groups excluding tert-OH is 2. The van der Waals surface area contributed by atoms with Gasteiger partial charge in [-0.25, -0.2) is 19.7 Å². The number of hydrogen-bond donors (Lipinski definition) is 3. The molecule has 3 aromatic rings. The number of anilines is 1. The van der Waals surface area contributed by atoms with Crippen LogP contribution in [0.5, 0.6) is 5.75 Å². The van der Waals surface area contributed by atoms with Crippen LogP contribution >= 0.6 is 0 Å². The lowest BCUT2D eigenvalue weighted by atomic mass is 9.94. The highest BCUT2D eigenvalue weighted by molar-refractivity contribution is 5.85. The van der Waals surface area contributed by atoms with Crippen molar-refractivity contribution in [2.75, 3.05) is 18.8 Å². The Bertz CT molecular complexity index is 1530. The third-order valence-corrected chi connectivity index (χ3v) is 8.15. The van der Waals surface area contributed by atoms with E-state index in [1.807, 2.05) is 19.1 Å². The van der Waals surface area contributed by atoms with E-state index < -0.39 is 24.5 Å². The summed E-state index contributed by atoms with van der Waals surface area (Å²) in [5.74, 6) is 7.38. The summed E-state index contributed by atoms with van der Waals surface area (Å²) in [6, 6.07) is 7.38. The SMILES string of the molecule is Cc1ccc(OC(=O)N2CCC(CC#Cc3nc(N)c4ncn([C@@H]5O[C@H](C(=O)CC6CC6)C(O)[C@@H]5O)c4n3)CC2)cc1. The molecule has 1 unspecified atom stereocenters. The maximum atomic E-state index is 12.6. The Morgan fingerprint density at radius 1 is 1.07 bits per heavy atom. The number of nitrogen functional groups attached to an aromatic ring is 1. The molecule has 1 saturated carbocycles. The van der Waals surface area contributed by atoms with Gasteiger partial charge in [-0.1, -0.05) is 23.6 Å². The van der Waals surface area contributed by atoms with Crippen LogP contribution in [0.15, 0.2) is 30.6 Å². The number of piperidine rings is 1. The van der Waals surface area contributed by atoms with Gasteiger partial charge in [0.1, 0.15) is 29.6 Å². The first-order chi connectivity index (χ1) is 20.3. The van der Waals surface area contributed by atoms with Gasteiger partial charge in [-0.15, -0.1) is 0 Å². The molecule has 1 amide bonds. The number of aliphatic hydroxyl groups is 2. The number of amides is 1. The van der Waals surface area contributed by atoms with E-state index in [4.69, 9.17) is 15.2 Å². The fraction of sp³-hybridized carbons (Fsp3) is 0.500. The van der Waals surface area contributed by atoms with Crippen LogP contribution in [0.1, 0.15) is 56.1 Å². The number of aryl methyl sites for hydroxylation is 1. The normalized spacial score (nSPS) is 24.4. The minimum Gasteiger partial charge on any atom is -0.410 e. The van der Waals surface area contributed by atoms with E-state index in [1.165, 1.54) is 10.9 Å². The quantitative estimate of drug-likeness (QED) is 0.372. The Morgan fingerprint density at radius 2 is 1.81 bits per heavy atom. The van der Waals surface area contributed by atoms with Crippen LogP contribution in [0.3, 0.4) is 0 Å². The van der Waals surface area contributed by atoms with Crippen molar-refractivity contribution in [1.82, 2.24) is 24.4 Å². The zero-order valence-corrected chi connectivity index (χ0v) is 23.3. The number of rotatable bonds is 6. The first-order valence-electron chi connectivity index (χ1n) is 14.3. The molecule has 2 aliphatic heterocycles. The standard InChI is InChI=1S/C30H34N6O6/c1-17-5-9-20(10-6-17)41-30(40)35-13-11-18(12-14-35)3-2-4-22-33-27(31)23-28(34-22)36(16-32-23)29-25(39)24(38)26(42-29)21(37)15-19-7-8-19/h5-6,9-10,16,18-19,24-26,29,38-39H,3,7-8,11-15H2,1H3,(H2,31,33,34)/t24?,25-,26+,29+/m0/s1. The molecule has 1 aromatic carbocycles. The molecule has 42 heavy (non-hydrogen) atoms. The summed E-state index contributed by atoms with van der Waals surface area (Å²) in [5.41, 5.74) is 7.84. The van der Waals surface area contributed by atoms with Crippen molar-refractivity contribution in [3.05, 3.63) is 42.0 Å². The lowest BCUT2D eigenvalue weighted by molar-refractivity contribution is -0.135. The number of likely N-dealkylation sites (tertiary alicyclic amines) is 1. The Labute approximate surface area is 242 Å². The van der Waals surface area contributed by atoms with Gasteiger partial charge in [-0.3, -0.25) is 9.36 Å². The number of hydrogen-bond acceptors (Lipinski definition) is 10. The van der Waals surface area contributed by atoms with E-state index in [0.29, 0.717) is 54.7 Å². The summed E-state index contributed by atoms with van der Waals surface area (Å²) < 4.78 is 12.8. The van der Waals surface area contributed by atoms with Gasteiger partial charge in [0.2, 0.25) is 5.82 Å². The number of nitrogens with zero attached hydrogens (tertiary/aromatic N) is 5. The fourth-order valence-electron chi connectivity index (χ4n) is 5.42. The summed E-state index contributed by atoms with van der Waals surface area (Å²) >= 11 is 0. The molecule has 0 bridgehead atoms. The highest BCUT2D eigenvalue weighted by atomic mass is 16.6. The first-order valence-corrected chi connectivity index (χ1v) is 14.3. The van der Waals surface area contributed by atoms with E-state index in [0.717, 1.165) is 31.2 Å². The van der Waals surface area contributed by atoms with E-state index in [9.17, 15) is 19.8 Å². The Morgan fingerprint density at radius 3 is 2.52 bits per heavy atom. The van der Waals surface area contributed by atoms with Crippen molar-refractivity contribution in [1.29, 1.82) is 0 Å². The lowest BCUT2D eigenvalue weighted by Gasteiger charge is -2.30. The highest BCUT2D eigenvalue weighted by Gasteiger charge is 2.48. The summed E-state index contributed by atoms with van der Waals surface area (Å²) in [4.78, 5) is 39.9. The average molecular weight is 575 g/mol. The number of carbonyl (C=O) groups is 2. The maximum absolute atomic E-state index is 12.6. The van der Waals surface area contributed by atoms with Crippen LogP contribution in [-0.4, -0.2) is 77.9 Å². The monoisotopic (exact) mass is 574 g/mol. The molecule has 6 rings (SSSR count). The van der Waals surface area contributed by atoms with Crippen LogP contribution in [0.4, 0.5) is 10.6 Å². The van der Waals surface area contributed by atoms with Gasteiger partial charge >= 0.3 is 6.09 Å². The number of ether oxygens (including phenoxy) is 2. The molecule has 12 heteroatoms. The van der Waals surface area contributed by atoms with Gasteiger partial charge in [-0.05, 0) is 62.5 Å². The molecule has 3 aliphatic rings. The predicted octanol–water partition coefficient (Wildman–Crippen LogP) is 2.36. The molecule has 4 atom stereocenters. The molecular formula is C30H34N6O6. The molecule has 220 valence electrons. The van der Waals surface area contributed by atoms with Gasteiger partial charge < -0.3 is 30.3 Å². The van der Waals surface area contributed by atoms with Crippen molar-refractivity contribution < 1.29 is 29.3 Å². The Kier molecular flexibility index (Phi) is 7.81. The molecule has 1 aliphatic carbocycles. The molecule has 12 nitrogen and oxygen atoms in total. The number of benzene rings is 1. The molecular weight excluding hydrogens is 540 g/mol. The zero-order valence-electron chi connectivity index (χ0n) is 23.3. The smallest absolute Gasteiger partial charge is 0.410 e. The van der Waals surface area contributed by atoms with Crippen molar-refractivity contribution in [3.63, 3.8) is 0 Å². The lowest BCUT2D eigenvalue weighted by Crippen LogP contribution is -2.40. The van der Waals surface area contributed by atoms with Crippen LogP contribution < -0.4 is 10.5 Å². The minimum absolute atomic E-state index is 0.123. The number of ketones is 1. The highest BCUT2D eigenvalue weighted by Crippen LogP contribution is 2.37. The summed E-state index contributed by atoms with van der Waals surface area (Å²) in [6.45, 7) is 3.16. The third kappa shape index (κ3) is 5.94. The number of nitrogens with two attached hydrogens (primary N) is 1. The number of Topliss-reactive ketones (excluding diaryl/α,β-unsaturated/α-hetero) is 1. The second kappa shape index (κ2) is 11.7. The van der Waals surface area contributed by atoms with Gasteiger partial charge in [0.25, 0.3) is 0 Å². The molecule has 3 fully saturated rings. The maximum Gasteiger partial charge on any atom is 0.415 e.